The highest BCUT2D eigenvalue weighted by Gasteiger charge is 2.25. The van der Waals surface area contributed by atoms with Crippen LogP contribution in [0.3, 0.4) is 0 Å². The lowest BCUT2D eigenvalue weighted by atomic mass is 9.96. The first-order chi connectivity index (χ1) is 71.1. The van der Waals surface area contributed by atoms with Crippen molar-refractivity contribution in [3.05, 3.63) is 483 Å². The number of benzene rings is 20. The molecule has 10 heteroatoms. The Kier molecular flexibility index (Phi) is 27.2. The summed E-state index contributed by atoms with van der Waals surface area (Å²) in [5, 5.41) is 11.7. The van der Waals surface area contributed by atoms with Crippen LogP contribution in [0.15, 0.2) is 455 Å². The van der Waals surface area contributed by atoms with Crippen molar-refractivity contribution in [2.75, 3.05) is 0 Å². The second-order valence-corrected chi connectivity index (χ2v) is 38.5. The SMILES string of the molecule is CC(C)c1nc2c(ccc3c(-c4ccccc4)cccc32)nc1-c1ccccc1.CC(C)c1nc2c(ccc3cc(-c4ccccc4)ccc32)nc1-c1ccccc1.CC(C)c1nc2c(ccc3ccc(-c4ccccc4)cc32)nc1-c1ccccc1.CC(C)c1nc2c(ccc3cccc(-c4ccccc4)c32)nc1-c1ccccc1.CC(C)c1nc2ccc3cccc(-c4ccccc4)c3c2nc1-c1ccccc1. The van der Waals surface area contributed by atoms with E-state index in [1.807, 2.05) is 42.5 Å². The van der Waals surface area contributed by atoms with Gasteiger partial charge in [-0.1, -0.05) is 482 Å². The third-order valence-electron chi connectivity index (χ3n) is 26.9. The van der Waals surface area contributed by atoms with Crippen LogP contribution in [0.4, 0.5) is 0 Å². The second-order valence-electron chi connectivity index (χ2n) is 38.5. The Morgan fingerprint density at radius 1 is 0.138 bits per heavy atom. The van der Waals surface area contributed by atoms with Gasteiger partial charge in [-0.05, 0) is 155 Å². The van der Waals surface area contributed by atoms with Gasteiger partial charge in [-0.3, -0.25) is 0 Å². The number of hydrogen-bond acceptors (Lipinski definition) is 10. The summed E-state index contributed by atoms with van der Waals surface area (Å²) in [6, 6.07) is 158. The summed E-state index contributed by atoms with van der Waals surface area (Å²) in [6.45, 7) is 21.8. The van der Waals surface area contributed by atoms with Crippen LogP contribution in [0, 0.1) is 0 Å². The number of hydrogen-bond donors (Lipinski definition) is 0. The predicted octanol–water partition coefficient (Wildman–Crippen LogP) is 36.2. The maximum atomic E-state index is 5.22. The van der Waals surface area contributed by atoms with Gasteiger partial charge in [0, 0.05) is 54.7 Å². The molecule has 20 aromatic carbocycles. The zero-order valence-corrected chi connectivity index (χ0v) is 83.2. The normalized spacial score (nSPS) is 11.4. The molecule has 10 nitrogen and oxygen atoms in total. The van der Waals surface area contributed by atoms with Crippen LogP contribution in [0.1, 0.15) is 127 Å². The van der Waals surface area contributed by atoms with Crippen LogP contribution < -0.4 is 0 Å². The molecule has 5 heterocycles. The summed E-state index contributed by atoms with van der Waals surface area (Å²) >= 11 is 0. The zero-order chi connectivity index (χ0) is 99.0. The summed E-state index contributed by atoms with van der Waals surface area (Å²) in [6.07, 6.45) is 0. The van der Waals surface area contributed by atoms with Gasteiger partial charge in [0.15, 0.2) is 0 Å². The van der Waals surface area contributed by atoms with E-state index in [1.165, 1.54) is 88.0 Å². The summed E-state index contributed by atoms with van der Waals surface area (Å²) in [4.78, 5) is 51.2. The second kappa shape index (κ2) is 42.1. The van der Waals surface area contributed by atoms with E-state index in [0.29, 0.717) is 11.8 Å². The minimum Gasteiger partial charge on any atom is -0.249 e. The quantitative estimate of drug-likeness (QED) is 0.0915. The molecule has 0 amide bonds. The first-order valence-corrected chi connectivity index (χ1v) is 50.3. The monoisotopic (exact) mass is 1870 g/mol. The topological polar surface area (TPSA) is 129 Å². The highest BCUT2D eigenvalue weighted by Crippen LogP contribution is 2.44. The zero-order valence-electron chi connectivity index (χ0n) is 83.2. The molecule has 0 radical (unpaired) electrons. The molecule has 25 rings (SSSR count). The number of aromatic nitrogens is 10. The maximum Gasteiger partial charge on any atom is 0.0979 e. The fourth-order valence-corrected chi connectivity index (χ4v) is 19.7. The number of nitrogens with zero attached hydrogens (tertiary/aromatic N) is 10. The lowest BCUT2D eigenvalue weighted by molar-refractivity contribution is 0.826. The molecule has 0 N–H and O–H groups in total. The van der Waals surface area contributed by atoms with Crippen molar-refractivity contribution in [1.82, 2.24) is 49.8 Å². The highest BCUT2D eigenvalue weighted by molar-refractivity contribution is 6.15. The van der Waals surface area contributed by atoms with Crippen molar-refractivity contribution < 1.29 is 0 Å². The third-order valence-corrected chi connectivity index (χ3v) is 26.9. The van der Waals surface area contributed by atoms with Gasteiger partial charge in [0.1, 0.15) is 0 Å². The molecular formula is C135H110N10. The molecule has 700 valence electrons. The van der Waals surface area contributed by atoms with Crippen LogP contribution in [0.2, 0.25) is 0 Å². The minimum atomic E-state index is 0.279. The Labute approximate surface area is 847 Å². The Bertz CT molecular complexity index is 8870. The van der Waals surface area contributed by atoms with E-state index in [0.717, 1.165) is 161 Å². The first kappa shape index (κ1) is 93.7. The molecule has 0 aliphatic carbocycles. The van der Waals surface area contributed by atoms with Crippen molar-refractivity contribution in [2.24, 2.45) is 0 Å². The number of rotatable bonds is 15. The summed E-state index contributed by atoms with van der Waals surface area (Å²) < 4.78 is 0. The van der Waals surface area contributed by atoms with E-state index in [-0.39, 0.29) is 17.8 Å². The molecule has 0 saturated carbocycles. The van der Waals surface area contributed by atoms with Gasteiger partial charge in [-0.2, -0.15) is 0 Å². The average Bonchev–Trinajstić information content (AvgIpc) is 0.753. The van der Waals surface area contributed by atoms with Crippen molar-refractivity contribution in [3.8, 4) is 112 Å². The molecule has 0 fully saturated rings. The van der Waals surface area contributed by atoms with E-state index < -0.39 is 0 Å². The van der Waals surface area contributed by atoms with E-state index >= 15 is 0 Å². The van der Waals surface area contributed by atoms with Gasteiger partial charge in [-0.25, -0.2) is 49.8 Å². The van der Waals surface area contributed by atoms with Crippen molar-refractivity contribution >= 4 is 109 Å². The van der Waals surface area contributed by atoms with Crippen LogP contribution in [-0.4, -0.2) is 49.8 Å². The third kappa shape index (κ3) is 19.7. The summed E-state index contributed by atoms with van der Waals surface area (Å²) in [7, 11) is 0. The largest absolute Gasteiger partial charge is 0.249 e. The molecular weight excluding hydrogens is 1760 g/mol. The average molecular weight is 1870 g/mol. The fraction of sp³-hybridized carbons (Fsp3) is 0.111. The van der Waals surface area contributed by atoms with Gasteiger partial charge < -0.3 is 0 Å². The molecule has 0 saturated heterocycles. The molecule has 0 spiro atoms. The molecule has 5 aromatic heterocycles. The van der Waals surface area contributed by atoms with E-state index in [2.05, 4.69) is 482 Å². The lowest BCUT2D eigenvalue weighted by Gasteiger charge is -2.15. The Morgan fingerprint density at radius 3 is 0.779 bits per heavy atom. The summed E-state index contributed by atoms with van der Waals surface area (Å²) in [5.74, 6) is 1.44. The van der Waals surface area contributed by atoms with Gasteiger partial charge in [-0.15, -0.1) is 0 Å². The first-order valence-electron chi connectivity index (χ1n) is 50.3. The van der Waals surface area contributed by atoms with Gasteiger partial charge >= 0.3 is 0 Å². The van der Waals surface area contributed by atoms with Crippen LogP contribution in [0.25, 0.3) is 221 Å². The minimum absolute atomic E-state index is 0.279. The van der Waals surface area contributed by atoms with E-state index in [9.17, 15) is 0 Å². The lowest BCUT2D eigenvalue weighted by Crippen LogP contribution is -2.01. The molecule has 0 aliphatic rings. The highest BCUT2D eigenvalue weighted by atomic mass is 14.9. The molecule has 25 aromatic rings. The van der Waals surface area contributed by atoms with Gasteiger partial charge in [0.2, 0.25) is 0 Å². The molecule has 0 aliphatic heterocycles. The Hall–Kier alpha value is -17.6. The molecule has 145 heavy (non-hydrogen) atoms. The van der Waals surface area contributed by atoms with Crippen molar-refractivity contribution in [1.29, 1.82) is 0 Å². The van der Waals surface area contributed by atoms with E-state index in [1.54, 1.807) is 0 Å². The van der Waals surface area contributed by atoms with Crippen molar-refractivity contribution in [3.63, 3.8) is 0 Å². The smallest absolute Gasteiger partial charge is 0.0979 e. The van der Waals surface area contributed by atoms with Crippen LogP contribution in [0.5, 0.6) is 0 Å². The van der Waals surface area contributed by atoms with Crippen molar-refractivity contribution in [2.45, 2.75) is 98.8 Å². The molecule has 0 unspecified atom stereocenters. The van der Waals surface area contributed by atoms with E-state index in [4.69, 9.17) is 49.8 Å². The Morgan fingerprint density at radius 2 is 0.393 bits per heavy atom. The molecule has 0 bridgehead atoms. The van der Waals surface area contributed by atoms with Gasteiger partial charge in [0.25, 0.3) is 0 Å². The fourth-order valence-electron chi connectivity index (χ4n) is 19.7. The predicted molar refractivity (Wildman–Crippen MR) is 610 cm³/mol. The van der Waals surface area contributed by atoms with Crippen LogP contribution in [-0.2, 0) is 0 Å². The summed E-state index contributed by atoms with van der Waals surface area (Å²) in [5.41, 5.74) is 37.3. The van der Waals surface area contributed by atoms with Gasteiger partial charge in [0.05, 0.1) is 112 Å². The molecule has 0 atom stereocenters. The van der Waals surface area contributed by atoms with Crippen LogP contribution >= 0.6 is 0 Å². The number of fused-ring (bicyclic) bond motifs is 15. The maximum absolute atomic E-state index is 5.22. The Balaban J connectivity index is 0.000000107. The standard InChI is InChI=1S/5C27H22N2/c1-18(2)25-26(21-12-7-4-8-13-21)28-23-17-16-20-14-9-15-22(24(20)27(23)29-25)19-10-5-3-6-11-19;1-18(2)25-26(21-12-7-4-8-13-21)29-27-23(28-25)17-16-20-14-9-15-22(24(20)27)19-10-5-3-6-11-19;1-18(2)25-26(20-12-7-4-8-13-20)28-24-17-16-22-21(19-10-5-3-6-11-19)14-9-15-23(22)27(24)29-25;1-18(2)25-26(20-11-7-4-8-12-20)28-24-16-14-22-17-21(19-9-5-3-6-10-19)13-15-23(22)27(24)29-25;1-18(2)25-26(21-11-7-4-8-12-21)28-24-16-15-20-13-14-22(17-23(20)27(24)29-25)19-9-5-3-6-10-19/h5*3-18H,1-2H3.